The number of amides is 2. The van der Waals surface area contributed by atoms with Gasteiger partial charge in [0.2, 0.25) is 11.8 Å². The fraction of sp³-hybridized carbons (Fsp3) is 0.364. The lowest BCUT2D eigenvalue weighted by molar-refractivity contribution is -0.122. The van der Waals surface area contributed by atoms with E-state index >= 15 is 0 Å². The molecule has 6 heteroatoms. The van der Waals surface area contributed by atoms with Crippen molar-refractivity contribution in [3.63, 3.8) is 0 Å². The van der Waals surface area contributed by atoms with Gasteiger partial charge in [0, 0.05) is 13.5 Å². The minimum atomic E-state index is -0.347. The Bertz CT molecular complexity index is 760. The number of unbranched alkanes of at least 4 members (excludes halogenated alkanes) is 1. The van der Waals surface area contributed by atoms with Crippen LogP contribution in [-0.2, 0) is 9.59 Å². The Balaban J connectivity index is 1.69. The molecule has 0 aliphatic heterocycles. The van der Waals surface area contributed by atoms with Crippen LogP contribution in [0, 0.1) is 12.7 Å². The number of hydrogen-bond acceptors (Lipinski definition) is 3. The molecule has 0 spiro atoms. The highest BCUT2D eigenvalue weighted by Crippen LogP contribution is 2.17. The Morgan fingerprint density at radius 2 is 1.71 bits per heavy atom. The van der Waals surface area contributed by atoms with Crippen LogP contribution in [0.2, 0.25) is 0 Å². The van der Waals surface area contributed by atoms with Crippen LogP contribution in [0.3, 0.4) is 0 Å². The molecule has 2 aromatic rings. The third kappa shape index (κ3) is 7.78. The molecule has 28 heavy (non-hydrogen) atoms. The lowest BCUT2D eigenvalue weighted by Gasteiger charge is -2.18. The maximum atomic E-state index is 12.8. The highest BCUT2D eigenvalue weighted by molar-refractivity contribution is 5.79. The maximum absolute atomic E-state index is 12.8. The van der Waals surface area contributed by atoms with Crippen LogP contribution >= 0.6 is 0 Å². The Morgan fingerprint density at radius 3 is 2.36 bits per heavy atom. The zero-order chi connectivity index (χ0) is 20.4. The standard InChI is InChI=1S/C22H27FN2O3/c1-16-5-7-18(8-6-16)21(25-17(2)26)15-22(27)24-13-3-4-14-28-20-11-9-19(23)10-12-20/h5-12,21H,3-4,13-15H2,1-2H3,(H,24,27)(H,25,26). The van der Waals surface area contributed by atoms with E-state index in [1.807, 2.05) is 31.2 Å². The highest BCUT2D eigenvalue weighted by Gasteiger charge is 2.16. The number of carbonyl (C=O) groups excluding carboxylic acids is 2. The second-order valence-electron chi connectivity index (χ2n) is 6.73. The summed E-state index contributed by atoms with van der Waals surface area (Å²) >= 11 is 0. The number of hydrogen-bond donors (Lipinski definition) is 2. The first-order valence-electron chi connectivity index (χ1n) is 9.43. The monoisotopic (exact) mass is 386 g/mol. The number of benzene rings is 2. The van der Waals surface area contributed by atoms with Crippen molar-refractivity contribution in [1.29, 1.82) is 0 Å². The molecular formula is C22H27FN2O3. The van der Waals surface area contributed by atoms with Crippen molar-refractivity contribution in [2.45, 2.75) is 39.2 Å². The van der Waals surface area contributed by atoms with Gasteiger partial charge in [0.15, 0.2) is 0 Å². The fourth-order valence-corrected chi connectivity index (χ4v) is 2.73. The first-order valence-corrected chi connectivity index (χ1v) is 9.43. The van der Waals surface area contributed by atoms with Gasteiger partial charge in [-0.2, -0.15) is 0 Å². The predicted molar refractivity (Wildman–Crippen MR) is 106 cm³/mol. The van der Waals surface area contributed by atoms with E-state index in [2.05, 4.69) is 10.6 Å². The van der Waals surface area contributed by atoms with E-state index in [1.165, 1.54) is 19.1 Å². The smallest absolute Gasteiger partial charge is 0.222 e. The average molecular weight is 386 g/mol. The zero-order valence-corrected chi connectivity index (χ0v) is 16.3. The number of halogens is 1. The number of nitrogens with one attached hydrogen (secondary N) is 2. The molecule has 2 aromatic carbocycles. The molecule has 0 fully saturated rings. The van der Waals surface area contributed by atoms with Crippen LogP contribution in [0.15, 0.2) is 48.5 Å². The van der Waals surface area contributed by atoms with Gasteiger partial charge in [-0.05, 0) is 49.6 Å². The van der Waals surface area contributed by atoms with E-state index in [0.29, 0.717) is 18.9 Å². The summed E-state index contributed by atoms with van der Waals surface area (Å²) in [7, 11) is 0. The van der Waals surface area contributed by atoms with Crippen LogP contribution in [-0.4, -0.2) is 25.0 Å². The van der Waals surface area contributed by atoms with Gasteiger partial charge in [-0.1, -0.05) is 29.8 Å². The number of carbonyl (C=O) groups is 2. The maximum Gasteiger partial charge on any atom is 0.222 e. The summed E-state index contributed by atoms with van der Waals surface area (Å²) in [6.45, 7) is 4.47. The van der Waals surface area contributed by atoms with Crippen LogP contribution in [0.5, 0.6) is 5.75 Å². The van der Waals surface area contributed by atoms with E-state index in [9.17, 15) is 14.0 Å². The van der Waals surface area contributed by atoms with E-state index < -0.39 is 0 Å². The van der Waals surface area contributed by atoms with Crippen LogP contribution in [0.25, 0.3) is 0 Å². The molecule has 1 unspecified atom stereocenters. The topological polar surface area (TPSA) is 67.4 Å². The largest absolute Gasteiger partial charge is 0.494 e. The first-order chi connectivity index (χ1) is 13.4. The second-order valence-corrected chi connectivity index (χ2v) is 6.73. The average Bonchev–Trinajstić information content (AvgIpc) is 2.65. The van der Waals surface area contributed by atoms with Crippen molar-refractivity contribution < 1.29 is 18.7 Å². The van der Waals surface area contributed by atoms with Gasteiger partial charge in [-0.3, -0.25) is 9.59 Å². The predicted octanol–water partition coefficient (Wildman–Crippen LogP) is 3.68. The Labute approximate surface area is 165 Å². The minimum absolute atomic E-state index is 0.112. The van der Waals surface area contributed by atoms with Gasteiger partial charge >= 0.3 is 0 Å². The highest BCUT2D eigenvalue weighted by atomic mass is 19.1. The normalized spacial score (nSPS) is 11.5. The fourth-order valence-electron chi connectivity index (χ4n) is 2.73. The summed E-state index contributed by atoms with van der Waals surface area (Å²) in [5.74, 6) is 0.0510. The number of ether oxygens (including phenoxy) is 1. The molecule has 0 aliphatic carbocycles. The van der Waals surface area contributed by atoms with Gasteiger partial charge in [0.25, 0.3) is 0 Å². The van der Waals surface area contributed by atoms with Gasteiger partial charge in [-0.15, -0.1) is 0 Å². The zero-order valence-electron chi connectivity index (χ0n) is 16.3. The summed E-state index contributed by atoms with van der Waals surface area (Å²) in [6.07, 6.45) is 1.72. The summed E-state index contributed by atoms with van der Waals surface area (Å²) in [4.78, 5) is 23.7. The van der Waals surface area contributed by atoms with Crippen molar-refractivity contribution in [1.82, 2.24) is 10.6 Å². The molecule has 0 heterocycles. The summed E-state index contributed by atoms with van der Waals surface area (Å²) in [5, 5.41) is 5.71. The molecule has 0 aromatic heterocycles. The quantitative estimate of drug-likeness (QED) is 0.612. The summed E-state index contributed by atoms with van der Waals surface area (Å²) < 4.78 is 18.3. The lowest BCUT2D eigenvalue weighted by atomic mass is 10.0. The van der Waals surface area contributed by atoms with Gasteiger partial charge < -0.3 is 15.4 Å². The summed E-state index contributed by atoms with van der Waals surface area (Å²) in [5.41, 5.74) is 2.03. The van der Waals surface area contributed by atoms with Crippen LogP contribution in [0.1, 0.15) is 43.4 Å². The molecule has 0 saturated heterocycles. The molecule has 0 aliphatic rings. The second kappa shape index (κ2) is 11.1. The molecule has 150 valence electrons. The molecule has 0 bridgehead atoms. The number of rotatable bonds is 10. The van der Waals surface area contributed by atoms with Crippen molar-refractivity contribution in [2.75, 3.05) is 13.2 Å². The van der Waals surface area contributed by atoms with Gasteiger partial charge in [0.05, 0.1) is 19.1 Å². The molecular weight excluding hydrogens is 359 g/mol. The molecule has 1 atom stereocenters. The number of aryl methyl sites for hydroxylation is 1. The van der Waals surface area contributed by atoms with Gasteiger partial charge in [-0.25, -0.2) is 4.39 Å². The summed E-state index contributed by atoms with van der Waals surface area (Å²) in [6, 6.07) is 13.3. The molecule has 0 radical (unpaired) electrons. The molecule has 2 rings (SSSR count). The minimum Gasteiger partial charge on any atom is -0.494 e. The third-order valence-corrected chi connectivity index (χ3v) is 4.22. The van der Waals surface area contributed by atoms with E-state index in [-0.39, 0.29) is 30.1 Å². The first kappa shape index (κ1) is 21.4. The van der Waals surface area contributed by atoms with E-state index in [0.717, 1.165) is 24.0 Å². The van der Waals surface area contributed by atoms with E-state index in [1.54, 1.807) is 12.1 Å². The molecule has 5 nitrogen and oxygen atoms in total. The molecule has 0 saturated carbocycles. The molecule has 2 N–H and O–H groups in total. The van der Waals surface area contributed by atoms with Crippen molar-refractivity contribution in [3.05, 3.63) is 65.5 Å². The third-order valence-electron chi connectivity index (χ3n) is 4.22. The SMILES string of the molecule is CC(=O)NC(CC(=O)NCCCCOc1ccc(F)cc1)c1ccc(C)cc1. The lowest BCUT2D eigenvalue weighted by Crippen LogP contribution is -2.33. The van der Waals surface area contributed by atoms with Crippen molar-refractivity contribution in [3.8, 4) is 5.75 Å². The Hall–Kier alpha value is -2.89. The van der Waals surface area contributed by atoms with Crippen molar-refractivity contribution in [2.24, 2.45) is 0 Å². The Morgan fingerprint density at radius 1 is 1.04 bits per heavy atom. The van der Waals surface area contributed by atoms with Crippen LogP contribution in [0.4, 0.5) is 4.39 Å². The molecule has 2 amide bonds. The Kier molecular flexibility index (Phi) is 8.46. The van der Waals surface area contributed by atoms with Crippen LogP contribution < -0.4 is 15.4 Å². The van der Waals surface area contributed by atoms with Crippen molar-refractivity contribution >= 4 is 11.8 Å². The van der Waals surface area contributed by atoms with E-state index in [4.69, 9.17) is 4.74 Å². The van der Waals surface area contributed by atoms with Gasteiger partial charge in [0.1, 0.15) is 11.6 Å².